The summed E-state index contributed by atoms with van der Waals surface area (Å²) < 4.78 is 46.7. The number of fused-ring (bicyclic) bond motifs is 1. The average Bonchev–Trinajstić information content (AvgIpc) is 3.24. The molecule has 0 aliphatic carbocycles. The molecule has 2 heterocycles. The Balaban J connectivity index is 1.65. The fourth-order valence-corrected chi connectivity index (χ4v) is 3.87. The third-order valence-corrected chi connectivity index (χ3v) is 5.51. The lowest BCUT2D eigenvalue weighted by Gasteiger charge is -2.11. The van der Waals surface area contributed by atoms with Gasteiger partial charge in [-0.3, -0.25) is 14.2 Å². The van der Waals surface area contributed by atoms with Gasteiger partial charge in [0.25, 0.3) is 5.91 Å². The summed E-state index contributed by atoms with van der Waals surface area (Å²) in [5.74, 6) is 5.72. The zero-order valence-electron chi connectivity index (χ0n) is 19.8. The molecule has 0 saturated carbocycles. The Kier molecular flexibility index (Phi) is 6.97. The lowest BCUT2D eigenvalue weighted by molar-refractivity contribution is -0.137. The van der Waals surface area contributed by atoms with Crippen molar-refractivity contribution in [2.24, 2.45) is 0 Å². The fraction of sp³-hybridized carbons (Fsp3) is 0.222. The SMILES string of the molecule is CC#CC(=O)N[C@@H](C)c1nc(-c2cccc(OCc3cccc(C(F)(F)F)c3)c2)c2c(C)nccn12. The summed E-state index contributed by atoms with van der Waals surface area (Å²) in [4.78, 5) is 21.2. The number of carbonyl (C=O) groups excluding carboxylic acids is 1. The number of hydrogen-bond donors (Lipinski definition) is 1. The van der Waals surface area contributed by atoms with Crippen LogP contribution in [0.5, 0.6) is 5.75 Å². The van der Waals surface area contributed by atoms with Gasteiger partial charge in [-0.2, -0.15) is 13.2 Å². The van der Waals surface area contributed by atoms with Crippen LogP contribution in [0.15, 0.2) is 60.9 Å². The second kappa shape index (κ2) is 10.1. The minimum Gasteiger partial charge on any atom is -0.489 e. The number of nitrogens with zero attached hydrogens (tertiary/aromatic N) is 3. The van der Waals surface area contributed by atoms with Gasteiger partial charge in [0, 0.05) is 18.0 Å². The number of rotatable bonds is 6. The van der Waals surface area contributed by atoms with Crippen molar-refractivity contribution in [3.63, 3.8) is 0 Å². The van der Waals surface area contributed by atoms with Crippen molar-refractivity contribution >= 4 is 11.4 Å². The van der Waals surface area contributed by atoms with Gasteiger partial charge in [0.1, 0.15) is 18.2 Å². The number of alkyl halides is 3. The largest absolute Gasteiger partial charge is 0.489 e. The van der Waals surface area contributed by atoms with Crippen molar-refractivity contribution < 1.29 is 22.7 Å². The minimum absolute atomic E-state index is 0.0231. The molecule has 4 aromatic rings. The van der Waals surface area contributed by atoms with Gasteiger partial charge in [-0.25, -0.2) is 4.98 Å². The van der Waals surface area contributed by atoms with Crippen LogP contribution in [0.4, 0.5) is 13.2 Å². The molecule has 36 heavy (non-hydrogen) atoms. The monoisotopic (exact) mass is 492 g/mol. The molecule has 0 aliphatic rings. The molecule has 0 unspecified atom stereocenters. The van der Waals surface area contributed by atoms with E-state index in [-0.39, 0.29) is 6.61 Å². The third kappa shape index (κ3) is 5.33. The lowest BCUT2D eigenvalue weighted by atomic mass is 10.1. The number of ether oxygens (including phenoxy) is 1. The zero-order valence-corrected chi connectivity index (χ0v) is 19.8. The van der Waals surface area contributed by atoms with Crippen molar-refractivity contribution in [3.8, 4) is 28.8 Å². The van der Waals surface area contributed by atoms with Crippen molar-refractivity contribution in [1.29, 1.82) is 0 Å². The number of amides is 1. The topological polar surface area (TPSA) is 68.5 Å². The molecule has 0 bridgehead atoms. The molecule has 6 nitrogen and oxygen atoms in total. The van der Waals surface area contributed by atoms with E-state index < -0.39 is 23.7 Å². The van der Waals surface area contributed by atoms with Crippen LogP contribution < -0.4 is 10.1 Å². The number of imidazole rings is 1. The molecule has 4 rings (SSSR count). The Morgan fingerprint density at radius 3 is 2.72 bits per heavy atom. The summed E-state index contributed by atoms with van der Waals surface area (Å²) in [6.45, 7) is 5.25. The van der Waals surface area contributed by atoms with Crippen LogP contribution in [0.3, 0.4) is 0 Å². The second-order valence-corrected chi connectivity index (χ2v) is 8.13. The highest BCUT2D eigenvalue weighted by Gasteiger charge is 2.30. The van der Waals surface area contributed by atoms with Crippen molar-refractivity contribution in [3.05, 3.63) is 83.6 Å². The standard InChI is InChI=1S/C27H23F3N4O2/c1-4-7-23(35)32-18(3)26-33-24(25-17(2)31-12-13-34(25)26)20-9-6-11-22(15-20)36-16-19-8-5-10-21(14-19)27(28,29)30/h5-6,8-15,18H,16H2,1-3H3,(H,32,35)/t18-/m0/s1. The molecule has 9 heteroatoms. The predicted octanol–water partition coefficient (Wildman–Crippen LogP) is 5.50. The number of carbonyl (C=O) groups is 1. The molecule has 1 amide bonds. The van der Waals surface area contributed by atoms with Crippen LogP contribution in [0, 0.1) is 18.8 Å². The Hall–Kier alpha value is -4.32. The van der Waals surface area contributed by atoms with Gasteiger partial charge < -0.3 is 10.1 Å². The van der Waals surface area contributed by atoms with Crippen LogP contribution >= 0.6 is 0 Å². The second-order valence-electron chi connectivity index (χ2n) is 8.13. The Morgan fingerprint density at radius 2 is 1.97 bits per heavy atom. The van der Waals surface area contributed by atoms with Gasteiger partial charge >= 0.3 is 6.18 Å². The fourth-order valence-electron chi connectivity index (χ4n) is 3.87. The quantitative estimate of drug-likeness (QED) is 0.361. The van der Waals surface area contributed by atoms with Crippen molar-refractivity contribution in [2.45, 2.75) is 39.6 Å². The van der Waals surface area contributed by atoms with E-state index in [1.807, 2.05) is 24.3 Å². The Bertz CT molecular complexity index is 1480. The van der Waals surface area contributed by atoms with Gasteiger partial charge in [-0.05, 0) is 56.5 Å². The summed E-state index contributed by atoms with van der Waals surface area (Å²) >= 11 is 0. The van der Waals surface area contributed by atoms with E-state index in [0.717, 1.165) is 28.9 Å². The van der Waals surface area contributed by atoms with Gasteiger partial charge in [-0.15, -0.1) is 0 Å². The summed E-state index contributed by atoms with van der Waals surface area (Å²) in [5.41, 5.74) is 2.58. The summed E-state index contributed by atoms with van der Waals surface area (Å²) in [6, 6.07) is 11.8. The first-order chi connectivity index (χ1) is 17.2. The Labute approximate surface area is 206 Å². The number of aromatic nitrogens is 3. The van der Waals surface area contributed by atoms with E-state index in [9.17, 15) is 18.0 Å². The van der Waals surface area contributed by atoms with Crippen molar-refractivity contribution in [2.75, 3.05) is 0 Å². The molecule has 184 valence electrons. The van der Waals surface area contributed by atoms with Gasteiger partial charge in [-0.1, -0.05) is 30.2 Å². The maximum atomic E-state index is 13.0. The van der Waals surface area contributed by atoms with E-state index in [0.29, 0.717) is 22.8 Å². The third-order valence-electron chi connectivity index (χ3n) is 5.51. The number of benzene rings is 2. The molecule has 0 fully saturated rings. The molecule has 2 aromatic carbocycles. The molecule has 0 radical (unpaired) electrons. The van der Waals surface area contributed by atoms with E-state index in [2.05, 4.69) is 22.1 Å². The average molecular weight is 493 g/mol. The molecule has 1 N–H and O–H groups in total. The van der Waals surface area contributed by atoms with Crippen LogP contribution in [-0.2, 0) is 17.6 Å². The highest BCUT2D eigenvalue weighted by molar-refractivity contribution is 5.93. The minimum atomic E-state index is -4.42. The maximum absolute atomic E-state index is 13.0. The number of halogens is 3. The van der Waals surface area contributed by atoms with Gasteiger partial charge in [0.2, 0.25) is 0 Å². The molecule has 2 aromatic heterocycles. The van der Waals surface area contributed by atoms with E-state index in [4.69, 9.17) is 9.72 Å². The van der Waals surface area contributed by atoms with Crippen LogP contribution in [0.2, 0.25) is 0 Å². The van der Waals surface area contributed by atoms with Gasteiger partial charge in [0.15, 0.2) is 0 Å². The normalized spacial score (nSPS) is 12.1. The molecular formula is C27H23F3N4O2. The first-order valence-corrected chi connectivity index (χ1v) is 11.1. The Morgan fingerprint density at radius 1 is 1.19 bits per heavy atom. The van der Waals surface area contributed by atoms with E-state index in [1.165, 1.54) is 6.07 Å². The number of hydrogen-bond acceptors (Lipinski definition) is 4. The highest BCUT2D eigenvalue weighted by Crippen LogP contribution is 2.32. The van der Waals surface area contributed by atoms with Crippen LogP contribution in [0.1, 0.15) is 42.5 Å². The smallest absolute Gasteiger partial charge is 0.416 e. The summed E-state index contributed by atoms with van der Waals surface area (Å²) in [7, 11) is 0. The van der Waals surface area contributed by atoms with Crippen LogP contribution in [0.25, 0.3) is 16.8 Å². The van der Waals surface area contributed by atoms with Gasteiger partial charge in [0.05, 0.1) is 28.5 Å². The molecule has 0 aliphatic heterocycles. The molecule has 1 atom stereocenters. The van der Waals surface area contributed by atoms with E-state index in [1.54, 1.807) is 43.6 Å². The first kappa shape index (κ1) is 24.8. The predicted molar refractivity (Wildman–Crippen MR) is 129 cm³/mol. The zero-order chi connectivity index (χ0) is 25.9. The summed E-state index contributed by atoms with van der Waals surface area (Å²) in [5, 5.41) is 2.82. The maximum Gasteiger partial charge on any atom is 0.416 e. The number of aryl methyl sites for hydroxylation is 1. The van der Waals surface area contributed by atoms with E-state index >= 15 is 0 Å². The number of nitrogens with one attached hydrogen (secondary N) is 1. The lowest BCUT2D eigenvalue weighted by Crippen LogP contribution is -2.26. The molecule has 0 spiro atoms. The van der Waals surface area contributed by atoms with Crippen LogP contribution in [-0.4, -0.2) is 20.3 Å². The highest BCUT2D eigenvalue weighted by atomic mass is 19.4. The molecule has 0 saturated heterocycles. The first-order valence-electron chi connectivity index (χ1n) is 11.1. The molecular weight excluding hydrogens is 469 g/mol. The summed E-state index contributed by atoms with van der Waals surface area (Å²) in [6.07, 6.45) is -0.982. The van der Waals surface area contributed by atoms with Crippen molar-refractivity contribution in [1.82, 2.24) is 19.7 Å².